The van der Waals surface area contributed by atoms with E-state index < -0.39 is 0 Å². The van der Waals surface area contributed by atoms with Gasteiger partial charge in [0.2, 0.25) is 0 Å². The molecule has 1 saturated carbocycles. The molecular formula is C20H31N7. The predicted molar refractivity (Wildman–Crippen MR) is 109 cm³/mol. The molecule has 3 aliphatic rings. The lowest BCUT2D eigenvalue weighted by Crippen LogP contribution is -2.55. The zero-order valence-corrected chi connectivity index (χ0v) is 16.5. The van der Waals surface area contributed by atoms with Gasteiger partial charge in [0.15, 0.2) is 0 Å². The summed E-state index contributed by atoms with van der Waals surface area (Å²) in [7, 11) is 0. The summed E-state index contributed by atoms with van der Waals surface area (Å²) in [5, 5.41) is 3.35. The van der Waals surface area contributed by atoms with E-state index in [1.807, 2.05) is 6.20 Å². The summed E-state index contributed by atoms with van der Waals surface area (Å²) in [6.07, 6.45) is 12.1. The van der Waals surface area contributed by atoms with Crippen LogP contribution in [0.2, 0.25) is 0 Å². The molecule has 146 valence electrons. The number of rotatable bonds is 6. The Labute approximate surface area is 162 Å². The Morgan fingerprint density at radius 3 is 2.63 bits per heavy atom. The van der Waals surface area contributed by atoms with Gasteiger partial charge >= 0.3 is 0 Å². The molecule has 2 aliphatic heterocycles. The van der Waals surface area contributed by atoms with E-state index in [0.29, 0.717) is 18.0 Å². The van der Waals surface area contributed by atoms with Gasteiger partial charge in [-0.1, -0.05) is 0 Å². The van der Waals surface area contributed by atoms with Crippen LogP contribution in [0, 0.1) is 5.92 Å². The van der Waals surface area contributed by atoms with Gasteiger partial charge in [-0.2, -0.15) is 0 Å². The molecular weight excluding hydrogens is 338 g/mol. The van der Waals surface area contributed by atoms with E-state index in [2.05, 4.69) is 56.2 Å². The smallest absolute Gasteiger partial charge is 0.147 e. The zero-order chi connectivity index (χ0) is 18.6. The highest BCUT2D eigenvalue weighted by molar-refractivity contribution is 5.87. The van der Waals surface area contributed by atoms with E-state index in [1.165, 1.54) is 18.7 Å². The maximum absolute atomic E-state index is 4.79. The Morgan fingerprint density at radius 1 is 1.11 bits per heavy atom. The molecule has 0 bridgehead atoms. The molecule has 0 unspecified atom stereocenters. The first kappa shape index (κ1) is 18.2. The van der Waals surface area contributed by atoms with Crippen LogP contribution in [-0.2, 0) is 0 Å². The van der Waals surface area contributed by atoms with Gasteiger partial charge in [0, 0.05) is 75.5 Å². The summed E-state index contributed by atoms with van der Waals surface area (Å²) in [5.41, 5.74) is 0. The van der Waals surface area contributed by atoms with Gasteiger partial charge in [-0.15, -0.1) is 0 Å². The topological polar surface area (TPSA) is 59.9 Å². The molecule has 0 amide bonds. The molecule has 1 saturated heterocycles. The van der Waals surface area contributed by atoms with Gasteiger partial charge in [-0.25, -0.2) is 4.98 Å². The van der Waals surface area contributed by atoms with Crippen molar-refractivity contribution in [2.45, 2.75) is 38.8 Å². The van der Waals surface area contributed by atoms with Crippen molar-refractivity contribution in [1.82, 2.24) is 25.1 Å². The summed E-state index contributed by atoms with van der Waals surface area (Å²) < 4.78 is 0. The highest BCUT2D eigenvalue weighted by atomic mass is 15.3. The quantitative estimate of drug-likeness (QED) is 0.821. The minimum Gasteiger partial charge on any atom is -0.388 e. The van der Waals surface area contributed by atoms with Crippen molar-refractivity contribution < 1.29 is 0 Å². The molecule has 7 heteroatoms. The van der Waals surface area contributed by atoms with Gasteiger partial charge in [0.1, 0.15) is 11.7 Å². The summed E-state index contributed by atoms with van der Waals surface area (Å²) in [5.74, 6) is 2.92. The maximum atomic E-state index is 4.79. The number of nitrogens with zero attached hydrogens (tertiary/aromatic N) is 6. The number of amidine groups is 1. The number of nitrogens with one attached hydrogen (secondary N) is 1. The van der Waals surface area contributed by atoms with E-state index in [-0.39, 0.29) is 0 Å². The van der Waals surface area contributed by atoms with E-state index >= 15 is 0 Å². The molecule has 4 rings (SSSR count). The fourth-order valence-electron chi connectivity index (χ4n) is 4.19. The monoisotopic (exact) mass is 369 g/mol. The van der Waals surface area contributed by atoms with Gasteiger partial charge < -0.3 is 15.1 Å². The van der Waals surface area contributed by atoms with Gasteiger partial charge in [-0.05, 0) is 26.7 Å². The second kappa shape index (κ2) is 8.25. The molecule has 0 radical (unpaired) electrons. The molecule has 1 aromatic heterocycles. The highest BCUT2D eigenvalue weighted by Crippen LogP contribution is 2.35. The molecule has 0 spiro atoms. The van der Waals surface area contributed by atoms with Crippen molar-refractivity contribution in [2.75, 3.05) is 44.2 Å². The normalized spacial score (nSPS) is 26.6. The number of piperazine rings is 1. The van der Waals surface area contributed by atoms with Crippen molar-refractivity contribution in [3.05, 3.63) is 31.0 Å². The molecule has 0 aromatic carbocycles. The summed E-state index contributed by atoms with van der Waals surface area (Å²) in [4.78, 5) is 20.7. The van der Waals surface area contributed by atoms with Crippen LogP contribution in [0.15, 0.2) is 36.0 Å². The van der Waals surface area contributed by atoms with Crippen LogP contribution in [0.25, 0.3) is 0 Å². The van der Waals surface area contributed by atoms with Crippen molar-refractivity contribution in [1.29, 1.82) is 0 Å². The molecule has 1 N–H and O–H groups in total. The van der Waals surface area contributed by atoms with Crippen LogP contribution >= 0.6 is 0 Å². The van der Waals surface area contributed by atoms with Crippen LogP contribution in [0.3, 0.4) is 0 Å². The lowest BCUT2D eigenvalue weighted by Gasteiger charge is -2.47. The van der Waals surface area contributed by atoms with Crippen LogP contribution in [0.5, 0.6) is 0 Å². The van der Waals surface area contributed by atoms with Crippen LogP contribution < -0.4 is 10.2 Å². The molecule has 2 fully saturated rings. The first-order valence-corrected chi connectivity index (χ1v) is 10.2. The molecule has 3 heterocycles. The average molecular weight is 370 g/mol. The van der Waals surface area contributed by atoms with E-state index in [9.17, 15) is 0 Å². The van der Waals surface area contributed by atoms with E-state index in [0.717, 1.165) is 45.1 Å². The van der Waals surface area contributed by atoms with Crippen molar-refractivity contribution in [3.63, 3.8) is 0 Å². The Bertz CT molecular complexity index is 658. The fraction of sp³-hybridized carbons (Fsp3) is 0.650. The molecule has 1 aliphatic carbocycles. The fourth-order valence-corrected chi connectivity index (χ4v) is 4.19. The minimum absolute atomic E-state index is 0.470. The Balaban J connectivity index is 1.24. The number of aliphatic imine (C=N–C) groups is 1. The largest absolute Gasteiger partial charge is 0.388 e. The van der Waals surface area contributed by atoms with E-state index in [4.69, 9.17) is 4.99 Å². The lowest BCUT2D eigenvalue weighted by atomic mass is 9.78. The average Bonchev–Trinajstić information content (AvgIpc) is 3.10. The van der Waals surface area contributed by atoms with Crippen LogP contribution in [-0.4, -0.2) is 77.0 Å². The molecule has 7 nitrogen and oxygen atoms in total. The van der Waals surface area contributed by atoms with Crippen molar-refractivity contribution >= 4 is 11.7 Å². The Morgan fingerprint density at radius 2 is 1.93 bits per heavy atom. The third kappa shape index (κ3) is 4.24. The summed E-state index contributed by atoms with van der Waals surface area (Å²) in [6.45, 7) is 10.6. The van der Waals surface area contributed by atoms with E-state index in [1.54, 1.807) is 12.4 Å². The third-order valence-electron chi connectivity index (χ3n) is 5.78. The lowest BCUT2D eigenvalue weighted by molar-refractivity contribution is 0.0954. The Hall–Kier alpha value is -2.15. The van der Waals surface area contributed by atoms with Crippen molar-refractivity contribution in [3.8, 4) is 0 Å². The minimum atomic E-state index is 0.470. The second-order valence-electron chi connectivity index (χ2n) is 7.98. The SMILES string of the molecule is CC(C)N/C=C\N1CCN=C1C1CC(N2CCN(c3cnccn3)CC2)C1. The molecule has 0 atom stereocenters. The number of hydrogen-bond acceptors (Lipinski definition) is 7. The Kier molecular flexibility index (Phi) is 5.57. The number of aromatic nitrogens is 2. The summed E-state index contributed by atoms with van der Waals surface area (Å²) in [6, 6.07) is 1.18. The number of anilines is 1. The van der Waals surface area contributed by atoms with Crippen molar-refractivity contribution in [2.24, 2.45) is 10.9 Å². The van der Waals surface area contributed by atoms with Crippen LogP contribution in [0.1, 0.15) is 26.7 Å². The second-order valence-corrected chi connectivity index (χ2v) is 7.98. The standard InChI is InChI=1S/C20H31N7/c1-16(2)22-5-7-27-8-6-24-20(27)17-13-18(14-17)25-9-11-26(12-10-25)19-15-21-3-4-23-19/h3-5,7,15-18,22H,6,8-14H2,1-2H3/b7-5-. The predicted octanol–water partition coefficient (Wildman–Crippen LogP) is 1.56. The van der Waals surface area contributed by atoms with Crippen LogP contribution in [0.4, 0.5) is 5.82 Å². The first-order chi connectivity index (χ1) is 13.2. The third-order valence-corrected chi connectivity index (χ3v) is 5.78. The van der Waals surface area contributed by atoms with Gasteiger partial charge in [0.05, 0.1) is 12.7 Å². The molecule has 1 aromatic rings. The molecule has 27 heavy (non-hydrogen) atoms. The van der Waals surface area contributed by atoms with Gasteiger partial charge in [-0.3, -0.25) is 14.9 Å². The highest BCUT2D eigenvalue weighted by Gasteiger charge is 2.39. The first-order valence-electron chi connectivity index (χ1n) is 10.2. The van der Waals surface area contributed by atoms with Gasteiger partial charge in [0.25, 0.3) is 0 Å². The maximum Gasteiger partial charge on any atom is 0.147 e. The summed E-state index contributed by atoms with van der Waals surface area (Å²) >= 11 is 0. The zero-order valence-electron chi connectivity index (χ0n) is 16.5. The number of hydrogen-bond donors (Lipinski definition) is 1.